The van der Waals surface area contributed by atoms with Crippen molar-refractivity contribution in [1.82, 2.24) is 5.32 Å². The second-order valence-corrected chi connectivity index (χ2v) is 3.82. The summed E-state index contributed by atoms with van der Waals surface area (Å²) in [5, 5.41) is 12.0. The minimum absolute atomic E-state index is 0.0781. The van der Waals surface area contributed by atoms with Crippen LogP contribution in [0.5, 0.6) is 0 Å². The SMILES string of the molecule is C#CCC(CC)NCc1ccc(F)c(C#N)c1. The molecule has 1 atom stereocenters. The van der Waals surface area contributed by atoms with Gasteiger partial charge in [0.15, 0.2) is 0 Å². The number of nitriles is 1. The van der Waals surface area contributed by atoms with Crippen molar-refractivity contribution in [3.8, 4) is 18.4 Å². The number of nitrogens with one attached hydrogen (secondary N) is 1. The first-order valence-electron chi connectivity index (χ1n) is 5.56. The van der Waals surface area contributed by atoms with Gasteiger partial charge in [-0.15, -0.1) is 12.3 Å². The van der Waals surface area contributed by atoms with E-state index in [1.54, 1.807) is 12.1 Å². The van der Waals surface area contributed by atoms with Crippen LogP contribution in [-0.2, 0) is 6.54 Å². The fourth-order valence-electron chi connectivity index (χ4n) is 1.53. The van der Waals surface area contributed by atoms with Gasteiger partial charge in [-0.25, -0.2) is 4.39 Å². The molecule has 0 radical (unpaired) electrons. The van der Waals surface area contributed by atoms with Crippen molar-refractivity contribution in [2.45, 2.75) is 32.4 Å². The molecule has 3 heteroatoms. The molecule has 1 N–H and O–H groups in total. The quantitative estimate of drug-likeness (QED) is 0.789. The van der Waals surface area contributed by atoms with Crippen LogP contribution < -0.4 is 5.32 Å². The third kappa shape index (κ3) is 3.90. The van der Waals surface area contributed by atoms with Gasteiger partial charge in [-0.05, 0) is 24.1 Å². The maximum atomic E-state index is 13.1. The van der Waals surface area contributed by atoms with Crippen LogP contribution in [0, 0.1) is 29.5 Å². The molecule has 0 spiro atoms. The first-order chi connectivity index (χ1) is 8.21. The van der Waals surface area contributed by atoms with Crippen molar-refractivity contribution >= 4 is 0 Å². The van der Waals surface area contributed by atoms with Gasteiger partial charge in [0.05, 0.1) is 5.56 Å². The lowest BCUT2D eigenvalue weighted by atomic mass is 10.1. The molecular weight excluding hydrogens is 215 g/mol. The summed E-state index contributed by atoms with van der Waals surface area (Å²) in [5.41, 5.74) is 0.965. The van der Waals surface area contributed by atoms with Crippen molar-refractivity contribution in [2.75, 3.05) is 0 Å². The van der Waals surface area contributed by atoms with Gasteiger partial charge in [-0.2, -0.15) is 5.26 Å². The maximum absolute atomic E-state index is 13.1. The predicted molar refractivity (Wildman–Crippen MR) is 65.5 cm³/mol. The van der Waals surface area contributed by atoms with E-state index in [2.05, 4.69) is 18.2 Å². The highest BCUT2D eigenvalue weighted by molar-refractivity contribution is 5.34. The smallest absolute Gasteiger partial charge is 0.140 e. The van der Waals surface area contributed by atoms with Gasteiger partial charge in [0.25, 0.3) is 0 Å². The summed E-state index contributed by atoms with van der Waals surface area (Å²) in [6.45, 7) is 2.65. The maximum Gasteiger partial charge on any atom is 0.140 e. The summed E-state index contributed by atoms with van der Waals surface area (Å²) in [6, 6.07) is 6.64. The van der Waals surface area contributed by atoms with Crippen LogP contribution in [0.25, 0.3) is 0 Å². The fourth-order valence-corrected chi connectivity index (χ4v) is 1.53. The molecule has 88 valence electrons. The molecule has 0 heterocycles. The average molecular weight is 230 g/mol. The van der Waals surface area contributed by atoms with Crippen molar-refractivity contribution in [3.05, 3.63) is 35.1 Å². The minimum Gasteiger partial charge on any atom is -0.309 e. The Labute approximate surface area is 101 Å². The molecule has 1 unspecified atom stereocenters. The number of rotatable bonds is 5. The number of hydrogen-bond donors (Lipinski definition) is 1. The summed E-state index contributed by atoms with van der Waals surface area (Å²) in [7, 11) is 0. The highest BCUT2D eigenvalue weighted by atomic mass is 19.1. The Kier molecular flexibility index (Phi) is 5.20. The molecule has 2 nitrogen and oxygen atoms in total. The van der Waals surface area contributed by atoms with Crippen molar-refractivity contribution in [3.63, 3.8) is 0 Å². The van der Waals surface area contributed by atoms with E-state index < -0.39 is 5.82 Å². The van der Waals surface area contributed by atoms with Crippen LogP contribution in [-0.4, -0.2) is 6.04 Å². The van der Waals surface area contributed by atoms with Crippen LogP contribution in [0.4, 0.5) is 4.39 Å². The number of nitrogens with zero attached hydrogens (tertiary/aromatic N) is 1. The molecule has 0 saturated heterocycles. The summed E-state index contributed by atoms with van der Waals surface area (Å²) < 4.78 is 13.1. The van der Waals surface area contributed by atoms with Crippen LogP contribution in [0.1, 0.15) is 30.9 Å². The predicted octanol–water partition coefficient (Wildman–Crippen LogP) is 2.59. The summed E-state index contributed by atoms with van der Waals surface area (Å²) >= 11 is 0. The number of halogens is 1. The summed E-state index contributed by atoms with van der Waals surface area (Å²) in [4.78, 5) is 0. The van der Waals surface area contributed by atoms with Crippen molar-refractivity contribution in [1.29, 1.82) is 5.26 Å². The Morgan fingerprint density at radius 1 is 1.53 bits per heavy atom. The second-order valence-electron chi connectivity index (χ2n) is 3.82. The Hall–Kier alpha value is -1.84. The molecule has 0 saturated carbocycles. The average Bonchev–Trinajstić information content (AvgIpc) is 2.36. The zero-order valence-electron chi connectivity index (χ0n) is 9.83. The molecule has 0 aliphatic carbocycles. The lowest BCUT2D eigenvalue weighted by Gasteiger charge is -2.14. The van der Waals surface area contributed by atoms with Crippen LogP contribution >= 0.6 is 0 Å². The van der Waals surface area contributed by atoms with E-state index in [-0.39, 0.29) is 11.6 Å². The van der Waals surface area contributed by atoms with Gasteiger partial charge in [0, 0.05) is 19.0 Å². The van der Waals surface area contributed by atoms with Crippen LogP contribution in [0.15, 0.2) is 18.2 Å². The largest absolute Gasteiger partial charge is 0.309 e. The third-order valence-corrected chi connectivity index (χ3v) is 2.60. The van der Waals surface area contributed by atoms with Gasteiger partial charge >= 0.3 is 0 Å². The molecule has 0 fully saturated rings. The molecule has 1 rings (SSSR count). The lowest BCUT2D eigenvalue weighted by Crippen LogP contribution is -2.27. The Morgan fingerprint density at radius 3 is 2.88 bits per heavy atom. The fraction of sp³-hybridized carbons (Fsp3) is 0.357. The Bertz CT molecular complexity index is 454. The monoisotopic (exact) mass is 230 g/mol. The number of terminal acetylenes is 1. The van der Waals surface area contributed by atoms with E-state index in [1.165, 1.54) is 6.07 Å². The molecule has 0 aliphatic rings. The zero-order valence-corrected chi connectivity index (χ0v) is 9.83. The molecular formula is C14H15FN2. The first kappa shape index (κ1) is 13.2. The van der Waals surface area contributed by atoms with E-state index in [0.717, 1.165) is 12.0 Å². The standard InChI is InChI=1S/C14H15FN2/c1-3-5-13(4-2)17-10-11-6-7-14(15)12(8-11)9-16/h1,6-8,13,17H,4-5,10H2,2H3. The number of hydrogen-bond acceptors (Lipinski definition) is 2. The van der Waals surface area contributed by atoms with Crippen molar-refractivity contribution in [2.24, 2.45) is 0 Å². The molecule has 0 aromatic heterocycles. The second kappa shape index (κ2) is 6.68. The van der Waals surface area contributed by atoms with Crippen molar-refractivity contribution < 1.29 is 4.39 Å². The zero-order chi connectivity index (χ0) is 12.7. The molecule has 1 aromatic carbocycles. The number of benzene rings is 1. The molecule has 0 aliphatic heterocycles. The topological polar surface area (TPSA) is 35.8 Å². The van der Waals surface area contributed by atoms with E-state index in [0.29, 0.717) is 13.0 Å². The van der Waals surface area contributed by atoms with Gasteiger partial charge in [0.1, 0.15) is 11.9 Å². The van der Waals surface area contributed by atoms with E-state index in [9.17, 15) is 4.39 Å². The van der Waals surface area contributed by atoms with Crippen LogP contribution in [0.3, 0.4) is 0 Å². The molecule has 0 amide bonds. The first-order valence-corrected chi connectivity index (χ1v) is 5.56. The molecule has 0 bridgehead atoms. The Balaban J connectivity index is 2.64. The Morgan fingerprint density at radius 2 is 2.29 bits per heavy atom. The summed E-state index contributed by atoms with van der Waals surface area (Å²) in [6.07, 6.45) is 6.87. The minimum atomic E-state index is -0.480. The molecule has 17 heavy (non-hydrogen) atoms. The molecule has 1 aromatic rings. The van der Waals surface area contributed by atoms with Gasteiger partial charge in [-0.1, -0.05) is 13.0 Å². The lowest BCUT2D eigenvalue weighted by molar-refractivity contribution is 0.506. The van der Waals surface area contributed by atoms with E-state index >= 15 is 0 Å². The van der Waals surface area contributed by atoms with Gasteiger partial charge in [-0.3, -0.25) is 0 Å². The van der Waals surface area contributed by atoms with Gasteiger partial charge in [0.2, 0.25) is 0 Å². The third-order valence-electron chi connectivity index (χ3n) is 2.60. The van der Waals surface area contributed by atoms with E-state index in [1.807, 2.05) is 6.07 Å². The highest BCUT2D eigenvalue weighted by Crippen LogP contribution is 2.10. The van der Waals surface area contributed by atoms with Crippen LogP contribution in [0.2, 0.25) is 0 Å². The highest BCUT2D eigenvalue weighted by Gasteiger charge is 2.06. The summed E-state index contributed by atoms with van der Waals surface area (Å²) in [5.74, 6) is 2.13. The van der Waals surface area contributed by atoms with E-state index in [4.69, 9.17) is 11.7 Å². The normalized spacial score (nSPS) is 11.5. The van der Waals surface area contributed by atoms with Gasteiger partial charge < -0.3 is 5.32 Å².